The van der Waals surface area contributed by atoms with E-state index in [-0.39, 0.29) is 2.85 Å². The lowest BCUT2D eigenvalue weighted by Gasteiger charge is -2.08. The minimum absolute atomic E-state index is 0. The Labute approximate surface area is 154 Å². The van der Waals surface area contributed by atoms with Crippen molar-refractivity contribution in [3.05, 3.63) is 58.7 Å². The van der Waals surface area contributed by atoms with Crippen LogP contribution in [0, 0.1) is 13.8 Å². The van der Waals surface area contributed by atoms with Crippen LogP contribution in [-0.2, 0) is 6.42 Å². The molecule has 0 fully saturated rings. The van der Waals surface area contributed by atoms with Gasteiger partial charge in [0, 0.05) is 41.0 Å². The standard InChI is InChI=1S/C23H20N2O.2H2/c1-4-14-17(11-26)21-16-8-6-13(3)10-19(16)25-23(21)22-20(14)15-7-5-12(2)9-18(15)24-22;;/h5-11,24-25H,4H2,1-3H3;2*1H. The molecule has 2 aromatic heterocycles. The fourth-order valence-electron chi connectivity index (χ4n) is 4.37. The first-order valence-corrected chi connectivity index (χ1v) is 9.06. The number of aromatic nitrogens is 2. The summed E-state index contributed by atoms with van der Waals surface area (Å²) in [4.78, 5) is 19.3. The maximum Gasteiger partial charge on any atom is 0.151 e. The largest absolute Gasteiger partial charge is 0.353 e. The Hall–Kier alpha value is -3.07. The first kappa shape index (κ1) is 15.2. The van der Waals surface area contributed by atoms with Crippen LogP contribution in [0.2, 0.25) is 0 Å². The summed E-state index contributed by atoms with van der Waals surface area (Å²) in [6.07, 6.45) is 1.85. The Morgan fingerprint density at radius 2 is 1.42 bits per heavy atom. The molecular formula is C23H24N2O. The van der Waals surface area contributed by atoms with Gasteiger partial charge < -0.3 is 9.97 Å². The van der Waals surface area contributed by atoms with E-state index in [2.05, 4.69) is 67.1 Å². The van der Waals surface area contributed by atoms with Crippen LogP contribution in [-0.4, -0.2) is 16.3 Å². The molecule has 0 aliphatic heterocycles. The van der Waals surface area contributed by atoms with E-state index >= 15 is 0 Å². The average Bonchev–Trinajstić information content (AvgIpc) is 3.17. The van der Waals surface area contributed by atoms with Crippen molar-refractivity contribution < 1.29 is 7.65 Å². The van der Waals surface area contributed by atoms with Crippen molar-refractivity contribution in [3.8, 4) is 0 Å². The molecular weight excluding hydrogens is 320 g/mol. The predicted octanol–water partition coefficient (Wildman–Crippen LogP) is 6.44. The first-order valence-electron chi connectivity index (χ1n) is 9.06. The van der Waals surface area contributed by atoms with E-state index in [0.29, 0.717) is 0 Å². The summed E-state index contributed by atoms with van der Waals surface area (Å²) in [6, 6.07) is 12.8. The number of carbonyl (C=O) groups is 1. The van der Waals surface area contributed by atoms with Gasteiger partial charge in [0.1, 0.15) is 0 Å². The van der Waals surface area contributed by atoms with Gasteiger partial charge >= 0.3 is 0 Å². The molecule has 0 aliphatic rings. The molecule has 0 amide bonds. The van der Waals surface area contributed by atoms with Crippen molar-refractivity contribution in [1.29, 1.82) is 0 Å². The van der Waals surface area contributed by atoms with Gasteiger partial charge in [0.2, 0.25) is 0 Å². The van der Waals surface area contributed by atoms with Crippen LogP contribution < -0.4 is 0 Å². The SMILES string of the molecule is CCc1c(C=O)c2c3ccc(C)cc3[nH]c2c2[nH]c3cc(C)ccc3c12.[HH].[HH]. The van der Waals surface area contributed by atoms with Gasteiger partial charge in [-0.15, -0.1) is 0 Å². The Balaban J connectivity index is 0.00000112. The number of aryl methyl sites for hydroxylation is 3. The molecule has 3 heteroatoms. The van der Waals surface area contributed by atoms with Crippen molar-refractivity contribution in [2.24, 2.45) is 0 Å². The summed E-state index contributed by atoms with van der Waals surface area (Å²) in [5.74, 6) is 0. The van der Waals surface area contributed by atoms with Crippen LogP contribution >= 0.6 is 0 Å². The van der Waals surface area contributed by atoms with Gasteiger partial charge in [0.15, 0.2) is 6.29 Å². The monoisotopic (exact) mass is 344 g/mol. The number of H-pyrrole nitrogens is 2. The molecule has 0 saturated carbocycles. The maximum absolute atomic E-state index is 12.1. The van der Waals surface area contributed by atoms with Crippen LogP contribution in [0.4, 0.5) is 0 Å². The third-order valence-electron chi connectivity index (χ3n) is 5.53. The highest BCUT2D eigenvalue weighted by atomic mass is 16.1. The second kappa shape index (κ2) is 5.21. The zero-order valence-corrected chi connectivity index (χ0v) is 15.2. The average molecular weight is 344 g/mol. The molecule has 0 radical (unpaired) electrons. The minimum Gasteiger partial charge on any atom is -0.353 e. The molecule has 5 rings (SSSR count). The fourth-order valence-corrected chi connectivity index (χ4v) is 4.37. The van der Waals surface area contributed by atoms with Gasteiger partial charge in [-0.3, -0.25) is 4.79 Å². The highest BCUT2D eigenvalue weighted by Crippen LogP contribution is 2.40. The summed E-state index contributed by atoms with van der Waals surface area (Å²) in [6.45, 7) is 6.31. The van der Waals surface area contributed by atoms with Crippen LogP contribution in [0.1, 0.15) is 36.8 Å². The number of fused-ring (bicyclic) bond motifs is 7. The van der Waals surface area contributed by atoms with E-state index in [0.717, 1.165) is 56.7 Å². The number of rotatable bonds is 2. The van der Waals surface area contributed by atoms with Crippen LogP contribution in [0.5, 0.6) is 0 Å². The van der Waals surface area contributed by atoms with Crippen molar-refractivity contribution >= 4 is 49.9 Å². The normalized spacial score (nSPS) is 12.0. The third-order valence-corrected chi connectivity index (χ3v) is 5.53. The number of aromatic amines is 2. The van der Waals surface area contributed by atoms with E-state index in [4.69, 9.17) is 0 Å². The van der Waals surface area contributed by atoms with E-state index in [1.807, 2.05) is 0 Å². The summed E-state index contributed by atoms with van der Waals surface area (Å²) in [5, 5.41) is 4.49. The quantitative estimate of drug-likeness (QED) is 0.356. The molecule has 3 aromatic carbocycles. The minimum atomic E-state index is 0. The number of benzene rings is 3. The van der Waals surface area contributed by atoms with Crippen molar-refractivity contribution in [3.63, 3.8) is 0 Å². The van der Waals surface area contributed by atoms with Gasteiger partial charge in [-0.2, -0.15) is 0 Å². The number of hydrogen-bond donors (Lipinski definition) is 2. The number of nitrogens with one attached hydrogen (secondary N) is 2. The molecule has 0 bridgehead atoms. The zero-order valence-electron chi connectivity index (χ0n) is 15.2. The molecule has 3 nitrogen and oxygen atoms in total. The number of hydrogen-bond acceptors (Lipinski definition) is 1. The second-order valence-electron chi connectivity index (χ2n) is 7.21. The Bertz CT molecular complexity index is 1360. The molecule has 2 heterocycles. The fraction of sp³-hybridized carbons (Fsp3) is 0.174. The molecule has 0 saturated heterocycles. The Kier molecular flexibility index (Phi) is 3.05. The molecule has 0 atom stereocenters. The molecule has 26 heavy (non-hydrogen) atoms. The third kappa shape index (κ3) is 1.86. The summed E-state index contributed by atoms with van der Waals surface area (Å²) < 4.78 is 0. The number of carbonyl (C=O) groups excluding carboxylic acids is 1. The molecule has 132 valence electrons. The lowest BCUT2D eigenvalue weighted by Crippen LogP contribution is -1.94. The smallest absolute Gasteiger partial charge is 0.151 e. The molecule has 2 N–H and O–H groups in total. The predicted molar refractivity (Wildman–Crippen MR) is 114 cm³/mol. The molecule has 0 aliphatic carbocycles. The van der Waals surface area contributed by atoms with E-state index in [1.54, 1.807) is 0 Å². The highest BCUT2D eigenvalue weighted by molar-refractivity contribution is 6.27. The molecule has 0 unspecified atom stereocenters. The van der Waals surface area contributed by atoms with Crippen molar-refractivity contribution in [2.75, 3.05) is 0 Å². The van der Waals surface area contributed by atoms with Gasteiger partial charge in [-0.25, -0.2) is 0 Å². The van der Waals surface area contributed by atoms with E-state index in [9.17, 15) is 4.79 Å². The topological polar surface area (TPSA) is 48.6 Å². The summed E-state index contributed by atoms with van der Waals surface area (Å²) in [5.41, 5.74) is 8.68. The zero-order chi connectivity index (χ0) is 18.0. The Morgan fingerprint density at radius 3 is 1.96 bits per heavy atom. The van der Waals surface area contributed by atoms with E-state index in [1.165, 1.54) is 21.9 Å². The summed E-state index contributed by atoms with van der Waals surface area (Å²) in [7, 11) is 0. The second-order valence-corrected chi connectivity index (χ2v) is 7.21. The lowest BCUT2D eigenvalue weighted by molar-refractivity contribution is 0.112. The molecule has 5 aromatic rings. The van der Waals surface area contributed by atoms with Crippen LogP contribution in [0.25, 0.3) is 43.6 Å². The molecule has 0 spiro atoms. The van der Waals surface area contributed by atoms with Gasteiger partial charge in [0.05, 0.1) is 11.0 Å². The van der Waals surface area contributed by atoms with Crippen LogP contribution in [0.3, 0.4) is 0 Å². The Morgan fingerprint density at radius 1 is 0.885 bits per heavy atom. The van der Waals surface area contributed by atoms with Crippen molar-refractivity contribution in [1.82, 2.24) is 9.97 Å². The maximum atomic E-state index is 12.1. The first-order chi connectivity index (χ1) is 12.6. The van der Waals surface area contributed by atoms with Gasteiger partial charge in [0.25, 0.3) is 0 Å². The van der Waals surface area contributed by atoms with Crippen LogP contribution in [0.15, 0.2) is 36.4 Å². The number of aldehydes is 1. The van der Waals surface area contributed by atoms with Crippen molar-refractivity contribution in [2.45, 2.75) is 27.2 Å². The van der Waals surface area contributed by atoms with Gasteiger partial charge in [-0.05, 0) is 49.1 Å². The lowest BCUT2D eigenvalue weighted by atomic mass is 9.94. The highest BCUT2D eigenvalue weighted by Gasteiger charge is 2.20. The van der Waals surface area contributed by atoms with E-state index < -0.39 is 0 Å². The summed E-state index contributed by atoms with van der Waals surface area (Å²) >= 11 is 0. The van der Waals surface area contributed by atoms with Gasteiger partial charge in [-0.1, -0.05) is 31.2 Å².